The van der Waals surface area contributed by atoms with Gasteiger partial charge in [0, 0.05) is 53.9 Å². The number of carbonyl (C=O) groups excluding carboxylic acids is 4. The van der Waals surface area contributed by atoms with Crippen LogP contribution in [0.4, 0.5) is 0 Å². The van der Waals surface area contributed by atoms with Crippen LogP contribution in [0.2, 0.25) is 0 Å². The molecule has 0 aromatic heterocycles. The largest absolute Gasteiger partial charge is 0.536 e. The van der Waals surface area contributed by atoms with Crippen molar-refractivity contribution in [3.63, 3.8) is 0 Å². The Kier molecular flexibility index (Phi) is 6.67. The third-order valence-electron chi connectivity index (χ3n) is 7.02. The van der Waals surface area contributed by atoms with Crippen molar-refractivity contribution in [2.45, 2.75) is 76.3 Å². The molecule has 12 nitrogen and oxygen atoms in total. The van der Waals surface area contributed by atoms with Gasteiger partial charge in [-0.2, -0.15) is 0 Å². The molecular formula is C20H32BN4O8-. The van der Waals surface area contributed by atoms with Crippen molar-refractivity contribution in [1.29, 1.82) is 0 Å². The monoisotopic (exact) mass is 467 g/mol. The number of amides is 4. The normalized spacial score (nSPS) is 32.6. The van der Waals surface area contributed by atoms with Crippen LogP contribution in [-0.4, -0.2) is 103 Å². The van der Waals surface area contributed by atoms with E-state index < -0.39 is 31.9 Å². The molecule has 4 rings (SSSR count). The number of carbonyl (C=O) groups is 4. The third-order valence-corrected chi connectivity index (χ3v) is 7.02. The molecule has 0 saturated carbocycles. The molecule has 4 aliphatic rings. The summed E-state index contributed by atoms with van der Waals surface area (Å²) in [5.41, 5.74) is 0. The minimum Gasteiger partial charge on any atom is -0.500 e. The van der Waals surface area contributed by atoms with Gasteiger partial charge in [-0.25, -0.2) is 0 Å². The Hall–Kier alpha value is -2.22. The summed E-state index contributed by atoms with van der Waals surface area (Å²) in [4.78, 5) is 54.5. The molecule has 33 heavy (non-hydrogen) atoms. The maximum Gasteiger partial charge on any atom is 0.536 e. The van der Waals surface area contributed by atoms with Gasteiger partial charge in [0.25, 0.3) is 0 Å². The van der Waals surface area contributed by atoms with E-state index in [1.54, 1.807) is 28.2 Å². The second-order valence-corrected chi connectivity index (χ2v) is 9.11. The van der Waals surface area contributed by atoms with E-state index in [1.807, 2.05) is 0 Å². The summed E-state index contributed by atoms with van der Waals surface area (Å²) < 4.78 is 25.2. The van der Waals surface area contributed by atoms with Crippen molar-refractivity contribution in [2.24, 2.45) is 0 Å². The maximum atomic E-state index is 12.2. The van der Waals surface area contributed by atoms with Crippen LogP contribution in [0.3, 0.4) is 0 Å². The minimum atomic E-state index is -3.04. The molecule has 0 aromatic rings. The molecule has 4 amide bonds. The summed E-state index contributed by atoms with van der Waals surface area (Å²) in [6, 6.07) is 0. The highest BCUT2D eigenvalue weighted by molar-refractivity contribution is 6.53. The van der Waals surface area contributed by atoms with Crippen molar-refractivity contribution in [1.82, 2.24) is 19.6 Å². The van der Waals surface area contributed by atoms with Gasteiger partial charge < -0.3 is 38.2 Å². The van der Waals surface area contributed by atoms with Crippen molar-refractivity contribution in [3.8, 4) is 0 Å². The number of nitrogens with zero attached hydrogens (tertiary/aromatic N) is 4. The van der Waals surface area contributed by atoms with Crippen molar-refractivity contribution in [2.75, 3.05) is 28.2 Å². The van der Waals surface area contributed by atoms with Gasteiger partial charge in [-0.1, -0.05) is 0 Å². The van der Waals surface area contributed by atoms with E-state index in [1.165, 1.54) is 19.6 Å². The van der Waals surface area contributed by atoms with Gasteiger partial charge in [0.05, 0.1) is 24.9 Å². The van der Waals surface area contributed by atoms with E-state index in [2.05, 4.69) is 0 Å². The zero-order chi connectivity index (χ0) is 23.9. The lowest BCUT2D eigenvalue weighted by Gasteiger charge is -2.50. The van der Waals surface area contributed by atoms with Gasteiger partial charge in [-0.05, 0) is 25.7 Å². The Bertz CT molecular complexity index is 694. The molecule has 0 aliphatic carbocycles. The Balaban J connectivity index is 1.66. The van der Waals surface area contributed by atoms with Gasteiger partial charge in [0.2, 0.25) is 23.6 Å². The third kappa shape index (κ3) is 4.72. The summed E-state index contributed by atoms with van der Waals surface area (Å²) in [5, 5.41) is 0. The van der Waals surface area contributed by atoms with Gasteiger partial charge in [-0.15, -0.1) is 0 Å². The van der Waals surface area contributed by atoms with Crippen LogP contribution in [0.15, 0.2) is 0 Å². The van der Waals surface area contributed by atoms with Gasteiger partial charge in [0.15, 0.2) is 0 Å². The van der Waals surface area contributed by atoms with Crippen LogP contribution in [0.1, 0.15) is 51.4 Å². The Morgan fingerprint density at radius 1 is 0.515 bits per heavy atom. The number of hydrogen-bond acceptors (Lipinski definition) is 8. The number of hydrogen-bond donors (Lipinski definition) is 0. The zero-order valence-electron chi connectivity index (χ0n) is 19.6. The summed E-state index contributed by atoms with van der Waals surface area (Å²) in [7, 11) is 6.51. The van der Waals surface area contributed by atoms with E-state index in [4.69, 9.17) is 18.6 Å². The first-order chi connectivity index (χ1) is 15.6. The predicted octanol–water partition coefficient (Wildman–Crippen LogP) is -0.198. The molecule has 4 saturated heterocycles. The summed E-state index contributed by atoms with van der Waals surface area (Å²) in [6.45, 7) is -3.04. The second kappa shape index (κ2) is 9.20. The smallest absolute Gasteiger partial charge is 0.500 e. The highest BCUT2D eigenvalue weighted by Crippen LogP contribution is 2.34. The lowest BCUT2D eigenvalue weighted by Crippen LogP contribution is -2.61. The average Bonchev–Trinajstić information content (AvgIpc) is 3.47. The molecular weight excluding hydrogens is 435 g/mol. The molecule has 4 unspecified atom stereocenters. The molecule has 0 N–H and O–H groups in total. The van der Waals surface area contributed by atoms with E-state index in [-0.39, 0.29) is 23.6 Å². The molecule has 13 heteroatoms. The van der Waals surface area contributed by atoms with Crippen LogP contribution < -0.4 is 0 Å². The summed E-state index contributed by atoms with van der Waals surface area (Å²) >= 11 is 0. The van der Waals surface area contributed by atoms with Crippen molar-refractivity contribution in [3.05, 3.63) is 0 Å². The molecule has 4 atom stereocenters. The fourth-order valence-electron chi connectivity index (χ4n) is 4.71. The van der Waals surface area contributed by atoms with Crippen LogP contribution in [-0.2, 0) is 37.8 Å². The molecule has 4 aliphatic heterocycles. The Morgan fingerprint density at radius 2 is 0.727 bits per heavy atom. The molecule has 0 bridgehead atoms. The molecule has 184 valence electrons. The van der Waals surface area contributed by atoms with Crippen LogP contribution in [0, 0.1) is 0 Å². The molecule has 4 heterocycles. The van der Waals surface area contributed by atoms with Crippen molar-refractivity contribution >= 4 is 30.6 Å². The van der Waals surface area contributed by atoms with Crippen LogP contribution in [0.25, 0.3) is 0 Å². The molecule has 0 spiro atoms. The van der Waals surface area contributed by atoms with E-state index in [9.17, 15) is 19.2 Å². The van der Waals surface area contributed by atoms with Crippen LogP contribution in [0.5, 0.6) is 0 Å². The predicted molar refractivity (Wildman–Crippen MR) is 113 cm³/mol. The Labute approximate surface area is 193 Å². The minimum absolute atomic E-state index is 0.0841. The maximum absolute atomic E-state index is 12.2. The topological polar surface area (TPSA) is 118 Å². The molecule has 0 aromatic carbocycles. The van der Waals surface area contributed by atoms with Gasteiger partial charge in [-0.3, -0.25) is 19.2 Å². The second-order valence-electron chi connectivity index (χ2n) is 9.11. The fourth-order valence-corrected chi connectivity index (χ4v) is 4.71. The SMILES string of the molecule is CN1C(=O)CCC1O[B-](OC1CCC(=O)N1C)(OC1CCC(=O)N1C)OC1CCC(=O)N1C. The van der Waals surface area contributed by atoms with Gasteiger partial charge >= 0.3 is 6.96 Å². The first kappa shape index (κ1) is 23.9. The fraction of sp³-hybridized carbons (Fsp3) is 0.800. The van der Waals surface area contributed by atoms with Crippen LogP contribution >= 0.6 is 0 Å². The van der Waals surface area contributed by atoms with Crippen molar-refractivity contribution < 1.29 is 37.8 Å². The Morgan fingerprint density at radius 3 is 0.879 bits per heavy atom. The highest BCUT2D eigenvalue weighted by atomic mass is 16.9. The summed E-state index contributed by atoms with van der Waals surface area (Å²) in [6.07, 6.45) is 0.152. The van der Waals surface area contributed by atoms with Gasteiger partial charge in [0.1, 0.15) is 0 Å². The van der Waals surface area contributed by atoms with E-state index in [0.717, 1.165) is 0 Å². The first-order valence-electron chi connectivity index (χ1n) is 11.5. The molecule has 4 fully saturated rings. The quantitative estimate of drug-likeness (QED) is 0.451. The standard InChI is InChI=1S/C20H32BN4O8/c1-22-13(26)5-9-17(22)30-21(31-18-10-6-14(27)23(18)2,32-19-11-7-15(28)24(19)3)33-20-12-8-16(29)25(20)4/h17-20H,5-12H2,1-4H3/q-1. The zero-order valence-corrected chi connectivity index (χ0v) is 19.6. The number of likely N-dealkylation sites (tertiary alicyclic amines) is 4. The lowest BCUT2D eigenvalue weighted by molar-refractivity contribution is -0.169. The average molecular weight is 467 g/mol. The van der Waals surface area contributed by atoms with E-state index in [0.29, 0.717) is 51.4 Å². The first-order valence-corrected chi connectivity index (χ1v) is 11.5. The highest BCUT2D eigenvalue weighted by Gasteiger charge is 2.48. The summed E-state index contributed by atoms with van der Waals surface area (Å²) in [5.74, 6) is -0.336. The molecule has 0 radical (unpaired) electrons. The van der Waals surface area contributed by atoms with E-state index >= 15 is 0 Å². The lowest BCUT2D eigenvalue weighted by atomic mass is 10.0. The number of rotatable bonds is 8.